The lowest BCUT2D eigenvalue weighted by molar-refractivity contribution is 0.586. The maximum absolute atomic E-state index is 11.2. The highest BCUT2D eigenvalue weighted by Crippen LogP contribution is 2.30. The average molecular weight is 231 g/mol. The van der Waals surface area contributed by atoms with Gasteiger partial charge in [0, 0.05) is 18.5 Å². The van der Waals surface area contributed by atoms with Crippen LogP contribution in [0.2, 0.25) is 0 Å². The number of aromatic amines is 1. The Hall–Kier alpha value is -1.58. The Labute approximate surface area is 99.7 Å². The molecule has 2 heterocycles. The van der Waals surface area contributed by atoms with Crippen molar-refractivity contribution in [2.45, 2.75) is 44.4 Å². The molecule has 0 bridgehead atoms. The van der Waals surface area contributed by atoms with Crippen LogP contribution in [-0.4, -0.2) is 14.6 Å². The van der Waals surface area contributed by atoms with Crippen LogP contribution in [0.1, 0.15) is 50.0 Å². The number of hydrogen-bond donors (Lipinski definition) is 1. The molecule has 1 N–H and O–H groups in total. The minimum Gasteiger partial charge on any atom is -0.268 e. The Bertz CT molecular complexity index is 561. The largest absolute Gasteiger partial charge is 0.268 e. The molecule has 4 heteroatoms. The van der Waals surface area contributed by atoms with Gasteiger partial charge >= 0.3 is 0 Å². The summed E-state index contributed by atoms with van der Waals surface area (Å²) in [7, 11) is 0. The third-order valence-corrected chi connectivity index (χ3v) is 3.69. The molecule has 4 nitrogen and oxygen atoms in total. The molecular formula is C13H17N3O. The number of rotatable bonds is 1. The normalized spacial score (nSPS) is 18.4. The van der Waals surface area contributed by atoms with E-state index in [9.17, 15) is 4.79 Å². The Kier molecular flexibility index (Phi) is 2.71. The van der Waals surface area contributed by atoms with Gasteiger partial charge in [-0.2, -0.15) is 0 Å². The second-order valence-electron chi connectivity index (χ2n) is 4.92. The smallest absolute Gasteiger partial charge is 0.266 e. The van der Waals surface area contributed by atoms with Gasteiger partial charge in [0.1, 0.15) is 0 Å². The van der Waals surface area contributed by atoms with Crippen molar-refractivity contribution in [1.82, 2.24) is 14.6 Å². The predicted octanol–water partition coefficient (Wildman–Crippen LogP) is 2.46. The van der Waals surface area contributed by atoms with Crippen LogP contribution in [0.25, 0.3) is 5.65 Å². The SMILES string of the molecule is O=c1cc2ncc(C3CCCCCC3)cn2[nH]1. The Morgan fingerprint density at radius 3 is 2.76 bits per heavy atom. The summed E-state index contributed by atoms with van der Waals surface area (Å²) in [5.41, 5.74) is 1.87. The molecule has 0 amide bonds. The third kappa shape index (κ3) is 2.12. The molecule has 17 heavy (non-hydrogen) atoms. The summed E-state index contributed by atoms with van der Waals surface area (Å²) in [6.45, 7) is 0. The topological polar surface area (TPSA) is 50.2 Å². The van der Waals surface area contributed by atoms with Gasteiger partial charge in [-0.3, -0.25) is 9.89 Å². The van der Waals surface area contributed by atoms with Crippen molar-refractivity contribution in [1.29, 1.82) is 0 Å². The Morgan fingerprint density at radius 1 is 1.24 bits per heavy atom. The fraction of sp³-hybridized carbons (Fsp3) is 0.538. The summed E-state index contributed by atoms with van der Waals surface area (Å²) in [5, 5.41) is 2.75. The van der Waals surface area contributed by atoms with Gasteiger partial charge in [-0.05, 0) is 24.3 Å². The average Bonchev–Trinajstić information content (AvgIpc) is 2.53. The van der Waals surface area contributed by atoms with Gasteiger partial charge in [0.15, 0.2) is 5.65 Å². The summed E-state index contributed by atoms with van der Waals surface area (Å²) in [4.78, 5) is 15.6. The zero-order valence-corrected chi connectivity index (χ0v) is 9.85. The molecule has 1 fully saturated rings. The first-order valence-corrected chi connectivity index (χ1v) is 6.40. The number of nitrogens with one attached hydrogen (secondary N) is 1. The molecule has 0 spiro atoms. The highest BCUT2D eigenvalue weighted by atomic mass is 16.1. The molecule has 1 aliphatic rings. The van der Waals surface area contributed by atoms with E-state index in [1.54, 1.807) is 4.52 Å². The van der Waals surface area contributed by atoms with Crippen molar-refractivity contribution in [3.63, 3.8) is 0 Å². The number of H-pyrrole nitrogens is 1. The van der Waals surface area contributed by atoms with Crippen LogP contribution in [0, 0.1) is 0 Å². The van der Waals surface area contributed by atoms with E-state index in [2.05, 4.69) is 10.1 Å². The lowest BCUT2D eigenvalue weighted by Gasteiger charge is -2.13. The van der Waals surface area contributed by atoms with Crippen LogP contribution in [0.4, 0.5) is 0 Å². The molecule has 0 atom stereocenters. The summed E-state index contributed by atoms with van der Waals surface area (Å²) in [6, 6.07) is 1.52. The molecular weight excluding hydrogens is 214 g/mol. The Morgan fingerprint density at radius 2 is 2.00 bits per heavy atom. The highest BCUT2D eigenvalue weighted by Gasteiger charge is 2.15. The van der Waals surface area contributed by atoms with E-state index in [-0.39, 0.29) is 5.56 Å². The molecule has 0 radical (unpaired) electrons. The zero-order valence-electron chi connectivity index (χ0n) is 9.85. The van der Waals surface area contributed by atoms with Crippen LogP contribution in [0.15, 0.2) is 23.3 Å². The van der Waals surface area contributed by atoms with E-state index in [0.29, 0.717) is 11.6 Å². The molecule has 1 aliphatic carbocycles. The van der Waals surface area contributed by atoms with E-state index < -0.39 is 0 Å². The summed E-state index contributed by atoms with van der Waals surface area (Å²) < 4.78 is 1.74. The van der Waals surface area contributed by atoms with E-state index in [4.69, 9.17) is 0 Å². The van der Waals surface area contributed by atoms with E-state index in [1.807, 2.05) is 12.4 Å². The number of hydrogen-bond acceptors (Lipinski definition) is 2. The quantitative estimate of drug-likeness (QED) is 0.766. The minimum absolute atomic E-state index is 0.0875. The maximum Gasteiger partial charge on any atom is 0.266 e. The lowest BCUT2D eigenvalue weighted by Crippen LogP contribution is -2.03. The molecule has 0 aliphatic heterocycles. The van der Waals surface area contributed by atoms with E-state index in [0.717, 1.165) is 0 Å². The van der Waals surface area contributed by atoms with Gasteiger partial charge in [0.25, 0.3) is 5.56 Å². The standard InChI is InChI=1S/C13H17N3O/c17-13-7-12-14-8-11(9-16(12)15-13)10-5-3-1-2-4-6-10/h7-10H,1-6H2,(H,15,17). The summed E-state index contributed by atoms with van der Waals surface area (Å²) in [6.07, 6.45) is 11.8. The van der Waals surface area contributed by atoms with E-state index in [1.165, 1.54) is 50.2 Å². The molecule has 0 saturated heterocycles. The van der Waals surface area contributed by atoms with Gasteiger partial charge in [-0.25, -0.2) is 9.50 Å². The minimum atomic E-state index is -0.0875. The third-order valence-electron chi connectivity index (χ3n) is 3.69. The maximum atomic E-state index is 11.2. The van der Waals surface area contributed by atoms with Gasteiger partial charge < -0.3 is 0 Å². The van der Waals surface area contributed by atoms with Crippen molar-refractivity contribution < 1.29 is 0 Å². The second-order valence-corrected chi connectivity index (χ2v) is 4.92. The fourth-order valence-corrected chi connectivity index (χ4v) is 2.74. The molecule has 1 saturated carbocycles. The number of aromatic nitrogens is 3. The first-order chi connectivity index (χ1) is 8.33. The van der Waals surface area contributed by atoms with Crippen molar-refractivity contribution in [2.24, 2.45) is 0 Å². The molecule has 2 aromatic heterocycles. The Balaban J connectivity index is 1.95. The van der Waals surface area contributed by atoms with Gasteiger partial charge in [0.05, 0.1) is 0 Å². The number of fused-ring (bicyclic) bond motifs is 1. The zero-order chi connectivity index (χ0) is 11.7. The van der Waals surface area contributed by atoms with Gasteiger partial charge in [-0.1, -0.05) is 25.7 Å². The van der Waals surface area contributed by atoms with Crippen molar-refractivity contribution in [3.05, 3.63) is 34.4 Å². The highest BCUT2D eigenvalue weighted by molar-refractivity contribution is 5.36. The van der Waals surface area contributed by atoms with Crippen molar-refractivity contribution in [2.75, 3.05) is 0 Å². The molecule has 0 aromatic carbocycles. The van der Waals surface area contributed by atoms with Crippen LogP contribution in [0.5, 0.6) is 0 Å². The monoisotopic (exact) mass is 231 g/mol. The van der Waals surface area contributed by atoms with Crippen LogP contribution in [0.3, 0.4) is 0 Å². The van der Waals surface area contributed by atoms with Crippen molar-refractivity contribution in [3.8, 4) is 0 Å². The summed E-state index contributed by atoms with van der Waals surface area (Å²) in [5.74, 6) is 0.611. The van der Waals surface area contributed by atoms with Crippen LogP contribution >= 0.6 is 0 Å². The fourth-order valence-electron chi connectivity index (χ4n) is 2.74. The molecule has 0 unspecified atom stereocenters. The number of nitrogens with zero attached hydrogens (tertiary/aromatic N) is 2. The van der Waals surface area contributed by atoms with Crippen molar-refractivity contribution >= 4 is 5.65 Å². The lowest BCUT2D eigenvalue weighted by atomic mass is 9.94. The van der Waals surface area contributed by atoms with Crippen LogP contribution < -0.4 is 5.56 Å². The predicted molar refractivity (Wildman–Crippen MR) is 66.3 cm³/mol. The first-order valence-electron chi connectivity index (χ1n) is 6.40. The van der Waals surface area contributed by atoms with Crippen LogP contribution in [-0.2, 0) is 0 Å². The molecule has 2 aromatic rings. The first kappa shape index (κ1) is 10.6. The molecule has 90 valence electrons. The molecule has 3 rings (SSSR count). The van der Waals surface area contributed by atoms with E-state index >= 15 is 0 Å². The second kappa shape index (κ2) is 4.35. The summed E-state index contributed by atoms with van der Waals surface area (Å²) >= 11 is 0. The van der Waals surface area contributed by atoms with Gasteiger partial charge in [-0.15, -0.1) is 0 Å². The van der Waals surface area contributed by atoms with Gasteiger partial charge in [0.2, 0.25) is 0 Å².